The van der Waals surface area contributed by atoms with Gasteiger partial charge < -0.3 is 15.4 Å². The van der Waals surface area contributed by atoms with Crippen molar-refractivity contribution < 1.29 is 19.1 Å². The first-order chi connectivity index (χ1) is 13.9. The van der Waals surface area contributed by atoms with Crippen LogP contribution in [0, 0.1) is 5.92 Å². The molecule has 0 aliphatic rings. The Morgan fingerprint density at radius 3 is 2.45 bits per heavy atom. The minimum absolute atomic E-state index is 0.119. The molecule has 2 unspecified atom stereocenters. The van der Waals surface area contributed by atoms with E-state index in [0.29, 0.717) is 23.2 Å². The van der Waals surface area contributed by atoms with Gasteiger partial charge in [-0.15, -0.1) is 0 Å². The lowest BCUT2D eigenvalue weighted by Gasteiger charge is -2.24. The topological polar surface area (TPSA) is 110 Å². The lowest BCUT2D eigenvalue weighted by atomic mass is 10.0. The van der Waals surface area contributed by atoms with Crippen molar-refractivity contribution >= 4 is 40.6 Å². The molecule has 0 bridgehead atoms. The van der Waals surface area contributed by atoms with Gasteiger partial charge in [0.05, 0.1) is 24.3 Å². The van der Waals surface area contributed by atoms with Crippen LogP contribution in [-0.2, 0) is 14.3 Å². The zero-order valence-corrected chi connectivity index (χ0v) is 17.8. The van der Waals surface area contributed by atoms with E-state index in [1.807, 2.05) is 32.2 Å². The monoisotopic (exact) mass is 418 g/mol. The fourth-order valence-electron chi connectivity index (χ4n) is 2.71. The highest BCUT2D eigenvalue weighted by molar-refractivity contribution is 7.98. The normalized spacial score (nSPS) is 13.0. The molecule has 8 nitrogen and oxygen atoms in total. The number of ether oxygens (including phenoxy) is 1. The number of nitrogens with zero attached hydrogens (tertiary/aromatic N) is 2. The van der Waals surface area contributed by atoms with Gasteiger partial charge in [0.2, 0.25) is 5.91 Å². The van der Waals surface area contributed by atoms with Crippen molar-refractivity contribution in [3.63, 3.8) is 0 Å². The van der Waals surface area contributed by atoms with Crippen molar-refractivity contribution in [2.24, 2.45) is 5.92 Å². The molecule has 2 amide bonds. The maximum Gasteiger partial charge on any atom is 0.328 e. The molecule has 1 aromatic carbocycles. The molecule has 2 N–H and O–H groups in total. The average molecular weight is 419 g/mol. The van der Waals surface area contributed by atoms with Gasteiger partial charge >= 0.3 is 5.97 Å². The van der Waals surface area contributed by atoms with E-state index in [4.69, 9.17) is 4.74 Å². The van der Waals surface area contributed by atoms with Crippen molar-refractivity contribution in [2.45, 2.75) is 32.4 Å². The summed E-state index contributed by atoms with van der Waals surface area (Å²) in [6.45, 7) is 3.62. The third-order valence-electron chi connectivity index (χ3n) is 4.33. The predicted molar refractivity (Wildman–Crippen MR) is 113 cm³/mol. The van der Waals surface area contributed by atoms with Crippen LogP contribution in [0.1, 0.15) is 30.8 Å². The Hall–Kier alpha value is -2.68. The summed E-state index contributed by atoms with van der Waals surface area (Å²) in [5.74, 6) is -0.979. The molecule has 0 saturated heterocycles. The molecule has 0 saturated carbocycles. The van der Waals surface area contributed by atoms with E-state index in [1.165, 1.54) is 13.3 Å². The van der Waals surface area contributed by atoms with E-state index in [0.717, 1.165) is 0 Å². The Balaban J connectivity index is 2.13. The van der Waals surface area contributed by atoms with Gasteiger partial charge in [-0.1, -0.05) is 26.0 Å². The van der Waals surface area contributed by atoms with E-state index in [2.05, 4.69) is 20.6 Å². The van der Waals surface area contributed by atoms with E-state index >= 15 is 0 Å². The minimum atomic E-state index is -0.836. The number of hydrogen-bond acceptors (Lipinski definition) is 7. The zero-order chi connectivity index (χ0) is 21.4. The Bertz CT molecular complexity index is 874. The molecule has 2 aromatic rings. The number of hydrogen-bond donors (Lipinski definition) is 2. The molecular weight excluding hydrogens is 392 g/mol. The first-order valence-electron chi connectivity index (χ1n) is 9.27. The molecule has 2 rings (SSSR count). The summed E-state index contributed by atoms with van der Waals surface area (Å²) in [5.41, 5.74) is 1.39. The quantitative estimate of drug-likeness (QED) is 0.598. The van der Waals surface area contributed by atoms with Crippen LogP contribution in [0.5, 0.6) is 0 Å². The number of para-hydroxylation sites is 2. The van der Waals surface area contributed by atoms with Crippen molar-refractivity contribution in [3.05, 3.63) is 36.2 Å². The summed E-state index contributed by atoms with van der Waals surface area (Å²) in [7, 11) is 1.28. The van der Waals surface area contributed by atoms with Crippen molar-refractivity contribution in [2.75, 3.05) is 19.1 Å². The van der Waals surface area contributed by atoms with Crippen molar-refractivity contribution in [1.29, 1.82) is 0 Å². The summed E-state index contributed by atoms with van der Waals surface area (Å²) >= 11 is 1.56. The molecule has 29 heavy (non-hydrogen) atoms. The van der Waals surface area contributed by atoms with Gasteiger partial charge in [0.1, 0.15) is 17.8 Å². The van der Waals surface area contributed by atoms with Gasteiger partial charge in [0, 0.05) is 0 Å². The number of methoxy groups -OCH3 is 1. The smallest absolute Gasteiger partial charge is 0.328 e. The third kappa shape index (κ3) is 6.15. The summed E-state index contributed by atoms with van der Waals surface area (Å²) in [5, 5.41) is 5.40. The largest absolute Gasteiger partial charge is 0.467 e. The van der Waals surface area contributed by atoms with Gasteiger partial charge in [-0.25, -0.2) is 9.78 Å². The number of carbonyl (C=O) groups excluding carboxylic acids is 3. The predicted octanol–water partition coefficient (Wildman–Crippen LogP) is 1.80. The van der Waals surface area contributed by atoms with Gasteiger partial charge in [-0.3, -0.25) is 14.6 Å². The second kappa shape index (κ2) is 10.8. The third-order valence-corrected chi connectivity index (χ3v) is 4.97. The van der Waals surface area contributed by atoms with Gasteiger partial charge in [0.15, 0.2) is 0 Å². The van der Waals surface area contributed by atoms with Crippen molar-refractivity contribution in [3.8, 4) is 0 Å². The molecule has 2 atom stereocenters. The number of esters is 1. The number of amides is 2. The first-order valence-corrected chi connectivity index (χ1v) is 10.7. The van der Waals surface area contributed by atoms with Gasteiger partial charge in [-0.05, 0) is 36.5 Å². The van der Waals surface area contributed by atoms with Crippen LogP contribution in [0.15, 0.2) is 30.5 Å². The number of fused-ring (bicyclic) bond motifs is 1. The van der Waals surface area contributed by atoms with Crippen LogP contribution in [0.2, 0.25) is 0 Å². The van der Waals surface area contributed by atoms with Crippen LogP contribution in [0.3, 0.4) is 0 Å². The molecule has 0 aliphatic heterocycles. The first kappa shape index (κ1) is 22.6. The number of benzene rings is 1. The van der Waals surface area contributed by atoms with Crippen LogP contribution in [0.25, 0.3) is 11.0 Å². The molecular formula is C20H26N4O4S. The highest BCUT2D eigenvalue weighted by atomic mass is 32.2. The number of aromatic nitrogens is 2. The zero-order valence-electron chi connectivity index (χ0n) is 17.0. The van der Waals surface area contributed by atoms with E-state index in [-0.39, 0.29) is 11.6 Å². The van der Waals surface area contributed by atoms with Gasteiger partial charge in [0.25, 0.3) is 5.91 Å². The molecule has 0 aliphatic carbocycles. The summed E-state index contributed by atoms with van der Waals surface area (Å²) in [6.07, 6.45) is 3.73. The van der Waals surface area contributed by atoms with Crippen LogP contribution in [0.4, 0.5) is 0 Å². The summed E-state index contributed by atoms with van der Waals surface area (Å²) in [4.78, 5) is 45.9. The Morgan fingerprint density at radius 2 is 1.83 bits per heavy atom. The molecule has 1 heterocycles. The lowest BCUT2D eigenvalue weighted by Crippen LogP contribution is -2.54. The Kier molecular flexibility index (Phi) is 8.38. The number of rotatable bonds is 9. The Labute approximate surface area is 174 Å². The fraction of sp³-hybridized carbons (Fsp3) is 0.450. The van der Waals surface area contributed by atoms with E-state index < -0.39 is 29.9 Å². The lowest BCUT2D eigenvalue weighted by molar-refractivity contribution is -0.145. The highest BCUT2D eigenvalue weighted by Gasteiger charge is 2.29. The average Bonchev–Trinajstić information content (AvgIpc) is 2.73. The number of carbonyl (C=O) groups is 3. The molecule has 156 valence electrons. The van der Waals surface area contributed by atoms with Crippen LogP contribution in [-0.4, -0.2) is 59.0 Å². The second-order valence-electron chi connectivity index (χ2n) is 6.80. The maximum absolute atomic E-state index is 12.8. The summed E-state index contributed by atoms with van der Waals surface area (Å²) < 4.78 is 4.77. The van der Waals surface area contributed by atoms with E-state index in [1.54, 1.807) is 23.9 Å². The second-order valence-corrected chi connectivity index (χ2v) is 7.79. The number of nitrogens with one attached hydrogen (secondary N) is 2. The standard InChI is InChI=1S/C20H26N4O4S/c1-12(2)17(19(26)23-15(9-10-29-4)20(27)28-3)24-18(25)16-11-21-13-7-5-6-8-14(13)22-16/h5-8,11-12,15,17H,9-10H2,1-4H3,(H,23,26)(H,24,25). The molecule has 0 fully saturated rings. The minimum Gasteiger partial charge on any atom is -0.467 e. The molecule has 9 heteroatoms. The van der Waals surface area contributed by atoms with Gasteiger partial charge in [-0.2, -0.15) is 11.8 Å². The molecule has 0 spiro atoms. The highest BCUT2D eigenvalue weighted by Crippen LogP contribution is 2.10. The van der Waals surface area contributed by atoms with E-state index in [9.17, 15) is 14.4 Å². The molecule has 1 aromatic heterocycles. The number of thioether (sulfide) groups is 1. The summed E-state index contributed by atoms with van der Waals surface area (Å²) in [6, 6.07) is 5.61. The Morgan fingerprint density at radius 1 is 1.14 bits per heavy atom. The fourth-order valence-corrected chi connectivity index (χ4v) is 3.18. The maximum atomic E-state index is 12.8. The van der Waals surface area contributed by atoms with Crippen LogP contribution >= 0.6 is 11.8 Å². The molecule has 0 radical (unpaired) electrons. The SMILES string of the molecule is COC(=O)C(CCSC)NC(=O)C(NC(=O)c1cnc2ccccc2n1)C(C)C. The van der Waals surface area contributed by atoms with Crippen molar-refractivity contribution in [1.82, 2.24) is 20.6 Å². The van der Waals surface area contributed by atoms with Crippen LogP contribution < -0.4 is 10.6 Å².